The molecule has 2 aromatic carbocycles. The molecule has 1 heterocycles. The molecular formula is C21H25NO7. The molecule has 0 unspecified atom stereocenters. The monoisotopic (exact) mass is 403 g/mol. The minimum Gasteiger partial charge on any atom is -0.491 e. The summed E-state index contributed by atoms with van der Waals surface area (Å²) >= 11 is 0. The lowest BCUT2D eigenvalue weighted by molar-refractivity contribution is 0.0641. The van der Waals surface area contributed by atoms with Crippen molar-refractivity contribution in [3.05, 3.63) is 48.0 Å². The highest BCUT2D eigenvalue weighted by atomic mass is 16.7. The number of carbonyl (C=O) groups is 1. The van der Waals surface area contributed by atoms with Crippen molar-refractivity contribution in [2.45, 2.75) is 19.4 Å². The maximum absolute atomic E-state index is 12.6. The Morgan fingerprint density at radius 3 is 2.72 bits per heavy atom. The minimum absolute atomic E-state index is 0.0372. The largest absolute Gasteiger partial charge is 0.491 e. The van der Waals surface area contributed by atoms with E-state index in [0.29, 0.717) is 34.9 Å². The van der Waals surface area contributed by atoms with Gasteiger partial charge in [0.25, 0.3) is 0 Å². The van der Waals surface area contributed by atoms with Crippen LogP contribution in [0.5, 0.6) is 17.2 Å². The minimum atomic E-state index is -0.647. The van der Waals surface area contributed by atoms with E-state index in [2.05, 4.69) is 5.32 Å². The fourth-order valence-corrected chi connectivity index (χ4v) is 3.08. The van der Waals surface area contributed by atoms with Gasteiger partial charge in [0.15, 0.2) is 11.5 Å². The van der Waals surface area contributed by atoms with Crippen molar-refractivity contribution in [1.29, 1.82) is 0 Å². The third kappa shape index (κ3) is 5.30. The quantitative estimate of drug-likeness (QED) is 0.591. The van der Waals surface area contributed by atoms with Crippen LogP contribution in [0.4, 0.5) is 10.5 Å². The molecular weight excluding hydrogens is 378 g/mol. The van der Waals surface area contributed by atoms with Crippen LogP contribution >= 0.6 is 0 Å². The van der Waals surface area contributed by atoms with E-state index >= 15 is 0 Å². The number of hydrogen-bond donors (Lipinski definition) is 3. The molecule has 156 valence electrons. The highest BCUT2D eigenvalue weighted by Gasteiger charge is 2.27. The fraction of sp³-hybridized carbons (Fsp3) is 0.381. The standard InChI is InChI=1S/C21H25NO7/c1-14(8-9-23)20(16-4-2-3-5-17(16)26-11-10-24)29-21(25)22-15-6-7-18-19(12-15)28-13-27-18/h2-7,12,14,20,23-24H,8-11,13H2,1H3,(H,22,25)/t14-,20+/m1/s1. The molecule has 0 aromatic heterocycles. The molecule has 8 nitrogen and oxygen atoms in total. The number of anilines is 1. The van der Waals surface area contributed by atoms with Gasteiger partial charge in [0.1, 0.15) is 18.5 Å². The molecule has 0 spiro atoms. The average Bonchev–Trinajstić information content (AvgIpc) is 3.19. The Balaban J connectivity index is 1.76. The number of ether oxygens (including phenoxy) is 4. The smallest absolute Gasteiger partial charge is 0.412 e. The number of para-hydroxylation sites is 1. The normalized spacial score (nSPS) is 14.2. The topological polar surface area (TPSA) is 106 Å². The van der Waals surface area contributed by atoms with Gasteiger partial charge in [-0.2, -0.15) is 0 Å². The number of amides is 1. The van der Waals surface area contributed by atoms with Crippen LogP contribution in [0.1, 0.15) is 25.0 Å². The van der Waals surface area contributed by atoms with Crippen LogP contribution < -0.4 is 19.5 Å². The van der Waals surface area contributed by atoms with E-state index in [1.807, 2.05) is 13.0 Å². The van der Waals surface area contributed by atoms with Crippen molar-refractivity contribution in [1.82, 2.24) is 0 Å². The first-order chi connectivity index (χ1) is 14.1. The van der Waals surface area contributed by atoms with E-state index in [1.54, 1.807) is 36.4 Å². The van der Waals surface area contributed by atoms with Gasteiger partial charge in [-0.05, 0) is 30.5 Å². The van der Waals surface area contributed by atoms with Gasteiger partial charge >= 0.3 is 6.09 Å². The second-order valence-electron chi connectivity index (χ2n) is 6.62. The summed E-state index contributed by atoms with van der Waals surface area (Å²) in [5, 5.41) is 21.1. The number of hydrogen-bond acceptors (Lipinski definition) is 7. The van der Waals surface area contributed by atoms with Crippen LogP contribution in [-0.4, -0.2) is 42.9 Å². The third-order valence-corrected chi connectivity index (χ3v) is 4.53. The summed E-state index contributed by atoms with van der Waals surface area (Å²) in [7, 11) is 0. The van der Waals surface area contributed by atoms with Crippen LogP contribution in [0.2, 0.25) is 0 Å². The Labute approximate surface area is 169 Å². The van der Waals surface area contributed by atoms with E-state index in [0.717, 1.165) is 0 Å². The van der Waals surface area contributed by atoms with E-state index in [4.69, 9.17) is 24.1 Å². The van der Waals surface area contributed by atoms with E-state index in [-0.39, 0.29) is 32.5 Å². The van der Waals surface area contributed by atoms with Crippen LogP contribution in [0.3, 0.4) is 0 Å². The Bertz CT molecular complexity index is 826. The highest BCUT2D eigenvalue weighted by molar-refractivity contribution is 5.85. The highest BCUT2D eigenvalue weighted by Crippen LogP contribution is 2.36. The molecule has 2 atom stereocenters. The van der Waals surface area contributed by atoms with Crippen molar-refractivity contribution in [2.24, 2.45) is 5.92 Å². The van der Waals surface area contributed by atoms with E-state index in [9.17, 15) is 9.90 Å². The van der Waals surface area contributed by atoms with Crippen molar-refractivity contribution in [2.75, 3.05) is 31.9 Å². The molecule has 0 aliphatic carbocycles. The van der Waals surface area contributed by atoms with Gasteiger partial charge in [0.05, 0.1) is 6.61 Å². The number of carbonyl (C=O) groups excluding carboxylic acids is 1. The lowest BCUT2D eigenvalue weighted by Crippen LogP contribution is -2.23. The predicted octanol–water partition coefficient (Wildman–Crippen LogP) is 3.09. The Kier molecular flexibility index (Phi) is 7.15. The van der Waals surface area contributed by atoms with Crippen LogP contribution in [0.25, 0.3) is 0 Å². The van der Waals surface area contributed by atoms with Gasteiger partial charge in [-0.15, -0.1) is 0 Å². The van der Waals surface area contributed by atoms with Crippen molar-refractivity contribution in [3.63, 3.8) is 0 Å². The lowest BCUT2D eigenvalue weighted by Gasteiger charge is -2.26. The first kappa shape index (κ1) is 20.8. The van der Waals surface area contributed by atoms with E-state index in [1.165, 1.54) is 0 Å². The third-order valence-electron chi connectivity index (χ3n) is 4.53. The molecule has 0 bridgehead atoms. The number of aliphatic hydroxyl groups excluding tert-OH is 2. The Hall–Kier alpha value is -2.97. The SMILES string of the molecule is C[C@H](CCO)[C@H](OC(=O)Nc1ccc2c(c1)OCO2)c1ccccc1OCCO. The van der Waals surface area contributed by atoms with E-state index < -0.39 is 12.2 Å². The summed E-state index contributed by atoms with van der Waals surface area (Å²) in [5.41, 5.74) is 1.18. The fourth-order valence-electron chi connectivity index (χ4n) is 3.08. The second kappa shape index (κ2) is 9.99. The Morgan fingerprint density at radius 2 is 1.93 bits per heavy atom. The Morgan fingerprint density at radius 1 is 1.14 bits per heavy atom. The molecule has 0 radical (unpaired) electrons. The lowest BCUT2D eigenvalue weighted by atomic mass is 9.94. The van der Waals surface area contributed by atoms with Gasteiger partial charge in [0, 0.05) is 23.9 Å². The molecule has 0 saturated heterocycles. The van der Waals surface area contributed by atoms with Crippen LogP contribution in [-0.2, 0) is 4.74 Å². The zero-order chi connectivity index (χ0) is 20.6. The summed E-state index contributed by atoms with van der Waals surface area (Å²) < 4.78 is 21.9. The molecule has 1 amide bonds. The number of rotatable bonds is 9. The molecule has 1 aliphatic heterocycles. The summed E-state index contributed by atoms with van der Waals surface area (Å²) in [6, 6.07) is 12.2. The van der Waals surface area contributed by atoms with Crippen LogP contribution in [0, 0.1) is 5.92 Å². The van der Waals surface area contributed by atoms with Gasteiger partial charge < -0.3 is 29.2 Å². The van der Waals surface area contributed by atoms with Gasteiger partial charge in [-0.3, -0.25) is 5.32 Å². The molecule has 0 saturated carbocycles. The van der Waals surface area contributed by atoms with Crippen molar-refractivity contribution < 1.29 is 34.0 Å². The zero-order valence-electron chi connectivity index (χ0n) is 16.2. The predicted molar refractivity (Wildman–Crippen MR) is 105 cm³/mol. The van der Waals surface area contributed by atoms with Gasteiger partial charge in [-0.25, -0.2) is 4.79 Å². The maximum atomic E-state index is 12.6. The summed E-state index contributed by atoms with van der Waals surface area (Å²) in [6.45, 7) is 1.99. The average molecular weight is 403 g/mol. The van der Waals surface area contributed by atoms with Crippen molar-refractivity contribution >= 4 is 11.8 Å². The maximum Gasteiger partial charge on any atom is 0.412 e. The number of nitrogens with one attached hydrogen (secondary N) is 1. The summed E-state index contributed by atoms with van der Waals surface area (Å²) in [4.78, 5) is 12.6. The van der Waals surface area contributed by atoms with Crippen LogP contribution in [0.15, 0.2) is 42.5 Å². The molecule has 3 N–H and O–H groups in total. The summed E-state index contributed by atoms with van der Waals surface area (Å²) in [6.07, 6.45) is -0.849. The van der Waals surface area contributed by atoms with Crippen molar-refractivity contribution in [3.8, 4) is 17.2 Å². The first-order valence-corrected chi connectivity index (χ1v) is 9.43. The molecule has 1 aliphatic rings. The number of benzene rings is 2. The molecule has 8 heteroatoms. The molecule has 2 aromatic rings. The summed E-state index contributed by atoms with van der Waals surface area (Å²) in [5.74, 6) is 1.53. The molecule has 0 fully saturated rings. The number of aliphatic hydroxyl groups is 2. The molecule has 29 heavy (non-hydrogen) atoms. The second-order valence-corrected chi connectivity index (χ2v) is 6.62. The number of fused-ring (bicyclic) bond motifs is 1. The molecule has 3 rings (SSSR count). The zero-order valence-corrected chi connectivity index (χ0v) is 16.2. The first-order valence-electron chi connectivity index (χ1n) is 9.43. The van der Waals surface area contributed by atoms with Gasteiger partial charge in [-0.1, -0.05) is 25.1 Å². The van der Waals surface area contributed by atoms with Gasteiger partial charge in [0.2, 0.25) is 6.79 Å².